The van der Waals surface area contributed by atoms with E-state index in [1.165, 1.54) is 5.56 Å². The van der Waals surface area contributed by atoms with Crippen LogP contribution in [0.2, 0.25) is 0 Å². The van der Waals surface area contributed by atoms with Crippen LogP contribution in [-0.4, -0.2) is 30.2 Å². The second-order valence-electron chi connectivity index (χ2n) is 5.66. The zero-order valence-corrected chi connectivity index (χ0v) is 13.1. The van der Waals surface area contributed by atoms with E-state index >= 15 is 0 Å². The topological polar surface area (TPSA) is 41.9 Å². The minimum Gasteiger partial charge on any atom is -0.504 e. The van der Waals surface area contributed by atoms with Gasteiger partial charge in [-0.2, -0.15) is 0 Å². The Balaban J connectivity index is 1.90. The molecule has 22 heavy (non-hydrogen) atoms. The molecule has 2 aromatic carbocycles. The van der Waals surface area contributed by atoms with Gasteiger partial charge in [-0.25, -0.2) is 0 Å². The number of ether oxygens (including phenoxy) is 2. The Morgan fingerprint density at radius 3 is 2.50 bits per heavy atom. The number of aromatic hydroxyl groups is 1. The minimum atomic E-state index is -0.158. The van der Waals surface area contributed by atoms with Gasteiger partial charge in [0.25, 0.3) is 0 Å². The number of likely N-dealkylation sites (N-methyl/N-ethyl adjacent to an activating group) is 1. The molecule has 4 heteroatoms. The molecule has 1 heterocycles. The predicted octanol–water partition coefficient (Wildman–Crippen LogP) is 3.49. The number of methoxy groups -OCH3 is 1. The van der Waals surface area contributed by atoms with Crippen LogP contribution in [0.3, 0.4) is 0 Å². The van der Waals surface area contributed by atoms with Gasteiger partial charge < -0.3 is 14.6 Å². The molecule has 0 saturated carbocycles. The summed E-state index contributed by atoms with van der Waals surface area (Å²) < 4.78 is 11.5. The molecule has 0 spiro atoms. The number of phenolic OH excluding ortho intramolecular Hbond substituents is 1. The molecular formula is C18H21NO3. The standard InChI is InChI=1S/C18H21NO3/c1-12-17(13-7-5-4-6-8-13)22-18(19(12)2)14-9-10-15(20)16(11-14)21-3/h4-12,17-18,20H,1-3H3. The van der Waals surface area contributed by atoms with Crippen LogP contribution in [0.5, 0.6) is 11.5 Å². The Kier molecular flexibility index (Phi) is 4.05. The Labute approximate surface area is 130 Å². The summed E-state index contributed by atoms with van der Waals surface area (Å²) in [5.74, 6) is 0.602. The molecule has 3 rings (SSSR count). The van der Waals surface area contributed by atoms with Crippen molar-refractivity contribution in [2.75, 3.05) is 14.2 Å². The molecule has 1 N–H and O–H groups in total. The molecule has 0 bridgehead atoms. The van der Waals surface area contributed by atoms with Gasteiger partial charge >= 0.3 is 0 Å². The SMILES string of the molecule is COc1cc(C2OC(c3ccccc3)C(C)N2C)ccc1O. The van der Waals surface area contributed by atoms with Gasteiger partial charge in [0.2, 0.25) is 0 Å². The van der Waals surface area contributed by atoms with Gasteiger partial charge in [-0.1, -0.05) is 36.4 Å². The Hall–Kier alpha value is -2.04. The summed E-state index contributed by atoms with van der Waals surface area (Å²) in [5, 5.41) is 9.75. The third-order valence-electron chi connectivity index (χ3n) is 4.34. The van der Waals surface area contributed by atoms with Crippen LogP contribution in [0.4, 0.5) is 0 Å². The van der Waals surface area contributed by atoms with Crippen LogP contribution >= 0.6 is 0 Å². The van der Waals surface area contributed by atoms with E-state index in [9.17, 15) is 5.11 Å². The van der Waals surface area contributed by atoms with Crippen molar-refractivity contribution in [2.24, 2.45) is 0 Å². The number of hydrogen-bond acceptors (Lipinski definition) is 4. The molecule has 1 saturated heterocycles. The van der Waals surface area contributed by atoms with Crippen LogP contribution in [-0.2, 0) is 4.74 Å². The van der Waals surface area contributed by atoms with E-state index in [1.54, 1.807) is 13.2 Å². The quantitative estimate of drug-likeness (QED) is 0.942. The lowest BCUT2D eigenvalue weighted by Crippen LogP contribution is -2.27. The van der Waals surface area contributed by atoms with Crippen molar-refractivity contribution in [3.63, 3.8) is 0 Å². The summed E-state index contributed by atoms with van der Waals surface area (Å²) in [6, 6.07) is 15.9. The molecule has 1 aliphatic rings. The van der Waals surface area contributed by atoms with E-state index in [-0.39, 0.29) is 24.1 Å². The minimum absolute atomic E-state index is 0.0241. The number of benzene rings is 2. The largest absolute Gasteiger partial charge is 0.504 e. The molecule has 2 aromatic rings. The highest BCUT2D eigenvalue weighted by molar-refractivity contribution is 5.42. The number of phenols is 1. The van der Waals surface area contributed by atoms with E-state index in [1.807, 2.05) is 30.3 Å². The van der Waals surface area contributed by atoms with Crippen molar-refractivity contribution in [1.82, 2.24) is 4.90 Å². The van der Waals surface area contributed by atoms with Crippen molar-refractivity contribution < 1.29 is 14.6 Å². The van der Waals surface area contributed by atoms with Crippen LogP contribution < -0.4 is 4.74 Å². The molecule has 1 aliphatic heterocycles. The van der Waals surface area contributed by atoms with Crippen molar-refractivity contribution in [3.05, 3.63) is 59.7 Å². The predicted molar refractivity (Wildman–Crippen MR) is 84.9 cm³/mol. The van der Waals surface area contributed by atoms with Gasteiger partial charge in [-0.05, 0) is 37.2 Å². The van der Waals surface area contributed by atoms with Gasteiger partial charge in [0.1, 0.15) is 12.3 Å². The van der Waals surface area contributed by atoms with Crippen molar-refractivity contribution in [1.29, 1.82) is 0 Å². The molecule has 0 amide bonds. The normalized spacial score (nSPS) is 25.3. The monoisotopic (exact) mass is 299 g/mol. The van der Waals surface area contributed by atoms with Gasteiger partial charge in [0.05, 0.1) is 7.11 Å². The third kappa shape index (κ3) is 2.56. The fourth-order valence-corrected chi connectivity index (χ4v) is 2.94. The first-order valence-corrected chi connectivity index (χ1v) is 7.41. The molecule has 4 nitrogen and oxygen atoms in total. The van der Waals surface area contributed by atoms with Gasteiger partial charge in [0, 0.05) is 6.04 Å². The Bertz CT molecular complexity index is 644. The number of rotatable bonds is 3. The van der Waals surface area contributed by atoms with E-state index < -0.39 is 0 Å². The maximum Gasteiger partial charge on any atom is 0.160 e. The number of hydrogen-bond donors (Lipinski definition) is 1. The molecule has 116 valence electrons. The first-order chi connectivity index (χ1) is 10.6. The first-order valence-electron chi connectivity index (χ1n) is 7.41. The average molecular weight is 299 g/mol. The smallest absolute Gasteiger partial charge is 0.160 e. The maximum atomic E-state index is 9.75. The highest BCUT2D eigenvalue weighted by atomic mass is 16.5. The first kappa shape index (κ1) is 14.9. The van der Waals surface area contributed by atoms with E-state index in [0.29, 0.717) is 5.75 Å². The molecule has 0 aliphatic carbocycles. The molecule has 0 aromatic heterocycles. The van der Waals surface area contributed by atoms with Crippen LogP contribution in [0.15, 0.2) is 48.5 Å². The second kappa shape index (κ2) is 5.99. The Morgan fingerprint density at radius 2 is 1.82 bits per heavy atom. The fourth-order valence-electron chi connectivity index (χ4n) is 2.94. The van der Waals surface area contributed by atoms with Crippen molar-refractivity contribution in [3.8, 4) is 11.5 Å². The zero-order valence-electron chi connectivity index (χ0n) is 13.1. The van der Waals surface area contributed by atoms with E-state index in [2.05, 4.69) is 31.0 Å². The lowest BCUT2D eigenvalue weighted by molar-refractivity contribution is 0.00545. The van der Waals surface area contributed by atoms with Crippen LogP contribution in [0, 0.1) is 0 Å². The molecule has 3 atom stereocenters. The summed E-state index contributed by atoms with van der Waals surface area (Å²) in [5.41, 5.74) is 2.15. The summed E-state index contributed by atoms with van der Waals surface area (Å²) in [6.45, 7) is 2.16. The van der Waals surface area contributed by atoms with Crippen LogP contribution in [0.25, 0.3) is 0 Å². The fraction of sp³-hybridized carbons (Fsp3) is 0.333. The highest BCUT2D eigenvalue weighted by Crippen LogP contribution is 2.42. The van der Waals surface area contributed by atoms with Gasteiger partial charge in [0.15, 0.2) is 11.5 Å². The molecule has 3 unspecified atom stereocenters. The van der Waals surface area contributed by atoms with E-state index in [0.717, 1.165) is 5.56 Å². The van der Waals surface area contributed by atoms with Gasteiger partial charge in [-0.3, -0.25) is 4.90 Å². The molecule has 0 radical (unpaired) electrons. The summed E-state index contributed by atoms with van der Waals surface area (Å²) in [7, 11) is 3.60. The van der Waals surface area contributed by atoms with Crippen molar-refractivity contribution >= 4 is 0 Å². The molecule has 1 fully saturated rings. The third-order valence-corrected chi connectivity index (χ3v) is 4.34. The van der Waals surface area contributed by atoms with Gasteiger partial charge in [-0.15, -0.1) is 0 Å². The summed E-state index contributed by atoms with van der Waals surface area (Å²) in [4.78, 5) is 2.20. The second-order valence-corrected chi connectivity index (χ2v) is 5.66. The van der Waals surface area contributed by atoms with E-state index in [4.69, 9.17) is 9.47 Å². The zero-order chi connectivity index (χ0) is 15.7. The molecular weight excluding hydrogens is 278 g/mol. The number of nitrogens with zero attached hydrogens (tertiary/aromatic N) is 1. The Morgan fingerprint density at radius 1 is 1.09 bits per heavy atom. The summed E-state index contributed by atoms with van der Waals surface area (Å²) >= 11 is 0. The maximum absolute atomic E-state index is 9.75. The van der Waals surface area contributed by atoms with Crippen molar-refractivity contribution in [2.45, 2.75) is 25.3 Å². The summed E-state index contributed by atoms with van der Waals surface area (Å²) in [6.07, 6.45) is -0.134. The highest BCUT2D eigenvalue weighted by Gasteiger charge is 2.38. The lowest BCUT2D eigenvalue weighted by atomic mass is 10.0. The average Bonchev–Trinajstić information content (AvgIpc) is 2.85. The van der Waals surface area contributed by atoms with Crippen LogP contribution in [0.1, 0.15) is 30.4 Å². The lowest BCUT2D eigenvalue weighted by Gasteiger charge is -2.22.